The number of aliphatic hydroxyl groups is 2. The van der Waals surface area contributed by atoms with E-state index < -0.39 is 145 Å². The number of guanidine groups is 2. The van der Waals surface area contributed by atoms with Gasteiger partial charge in [0.05, 0.1) is 25.2 Å². The van der Waals surface area contributed by atoms with Gasteiger partial charge in [0.25, 0.3) is 0 Å². The minimum absolute atomic E-state index is 0.00413. The molecular weight excluding hydrogens is 1180 g/mol. The number of thioether (sulfide) groups is 1. The van der Waals surface area contributed by atoms with Gasteiger partial charge in [0.2, 0.25) is 59.1 Å². The maximum atomic E-state index is 14.4. The molecule has 0 fully saturated rings. The molecule has 0 spiro atoms. The van der Waals surface area contributed by atoms with E-state index in [0.717, 1.165) is 6.92 Å². The molecule has 0 aliphatic rings. The average molecular weight is 1280 g/mol. The number of likely N-dealkylation sites (N-methyl/N-ethyl adjacent to an activating group) is 1. The fourth-order valence-corrected chi connectivity index (χ4v) is 9.34. The second-order valence-corrected chi connectivity index (χ2v) is 23.2. The first-order valence-corrected chi connectivity index (χ1v) is 31.0. The Morgan fingerprint density at radius 3 is 1.34 bits per heavy atom. The van der Waals surface area contributed by atoms with Crippen molar-refractivity contribution < 1.29 is 68.1 Å². The molecule has 0 radical (unpaired) electrons. The molecule has 0 aromatic heterocycles. The quantitative estimate of drug-likeness (QED) is 0.0165. The number of hydrogen-bond donors (Lipinski definition) is 21. The second-order valence-electron chi connectivity index (χ2n) is 22.2. The summed E-state index contributed by atoms with van der Waals surface area (Å²) in [5.41, 5.74) is 22.7. The van der Waals surface area contributed by atoms with Crippen LogP contribution in [0.1, 0.15) is 111 Å². The summed E-state index contributed by atoms with van der Waals surface area (Å²) in [6.45, 7) is 7.98. The van der Waals surface area contributed by atoms with Crippen LogP contribution in [0.4, 0.5) is 0 Å². The van der Waals surface area contributed by atoms with Gasteiger partial charge in [-0.1, -0.05) is 58.0 Å². The number of carbonyl (C=O) groups excluding carboxylic acids is 10. The highest BCUT2D eigenvalue weighted by molar-refractivity contribution is 7.98. The molecule has 502 valence electrons. The number of benzene rings is 1. The lowest BCUT2D eigenvalue weighted by atomic mass is 10.0. The van der Waals surface area contributed by atoms with Crippen LogP contribution in [0.2, 0.25) is 0 Å². The molecule has 32 nitrogen and oxygen atoms in total. The molecular formula is C56H98N18O14S. The Balaban J connectivity index is 3.57. The Bertz CT molecular complexity index is 2480. The van der Waals surface area contributed by atoms with Crippen molar-refractivity contribution in [1.82, 2.24) is 63.8 Å². The Hall–Kier alpha value is -7.88. The lowest BCUT2D eigenvalue weighted by Crippen LogP contribution is -2.62. The molecule has 11 atom stereocenters. The molecule has 0 aliphatic heterocycles. The lowest BCUT2D eigenvalue weighted by molar-refractivity contribution is -0.142. The largest absolute Gasteiger partial charge is 0.481 e. The maximum absolute atomic E-state index is 14.4. The van der Waals surface area contributed by atoms with E-state index in [9.17, 15) is 68.1 Å². The van der Waals surface area contributed by atoms with Gasteiger partial charge in [-0.25, -0.2) is 0 Å². The zero-order chi connectivity index (χ0) is 67.3. The number of nitrogens with two attached hydrogens (primary N) is 4. The van der Waals surface area contributed by atoms with E-state index in [4.69, 9.17) is 33.8 Å². The fourth-order valence-electron chi connectivity index (χ4n) is 8.87. The maximum Gasteiger partial charge on any atom is 0.305 e. The van der Waals surface area contributed by atoms with Gasteiger partial charge in [0.1, 0.15) is 54.4 Å². The zero-order valence-corrected chi connectivity index (χ0v) is 52.8. The summed E-state index contributed by atoms with van der Waals surface area (Å²) in [4.78, 5) is 150. The van der Waals surface area contributed by atoms with Gasteiger partial charge >= 0.3 is 5.97 Å². The Morgan fingerprint density at radius 1 is 0.517 bits per heavy atom. The van der Waals surface area contributed by atoms with Gasteiger partial charge in [-0.15, -0.1) is 0 Å². The van der Waals surface area contributed by atoms with Crippen molar-refractivity contribution in [2.45, 2.75) is 178 Å². The third-order valence-electron chi connectivity index (χ3n) is 13.6. The normalized spacial score (nSPS) is 14.8. The predicted molar refractivity (Wildman–Crippen MR) is 334 cm³/mol. The van der Waals surface area contributed by atoms with Crippen molar-refractivity contribution in [2.75, 3.05) is 45.3 Å². The lowest BCUT2D eigenvalue weighted by Gasteiger charge is -2.29. The summed E-state index contributed by atoms with van der Waals surface area (Å²) >= 11 is 1.26. The van der Waals surface area contributed by atoms with Crippen LogP contribution in [0, 0.1) is 22.7 Å². The number of rotatable bonds is 45. The van der Waals surface area contributed by atoms with Crippen LogP contribution < -0.4 is 86.7 Å². The van der Waals surface area contributed by atoms with E-state index in [2.05, 4.69) is 63.8 Å². The Morgan fingerprint density at radius 2 is 0.910 bits per heavy atom. The van der Waals surface area contributed by atoms with Crippen molar-refractivity contribution in [3.63, 3.8) is 0 Å². The number of hydrogen-bond acceptors (Lipinski definition) is 18. The van der Waals surface area contributed by atoms with Crippen molar-refractivity contribution in [2.24, 2.45) is 34.8 Å². The number of aliphatic hydroxyl groups excluding tert-OH is 2. The molecule has 0 bridgehead atoms. The van der Waals surface area contributed by atoms with E-state index in [0.29, 0.717) is 18.4 Å². The van der Waals surface area contributed by atoms with Crippen LogP contribution in [0.5, 0.6) is 0 Å². The SMILES string of the molecule is CN[C@@H](CC(C)C)C(=O)N[C@@H](CCCNC(=N)N)C(=O)N[C@@H](CO)C(=O)N[C@@H](CCSC)C(=O)N[C@H](C(=O)N[C@@H](CC(=O)O)C(=O)N[C@@H](CCCCN)C(=O)N[C@@H](Cc1ccccc1)C(=O)N[C@@H](CCCNC(=N)N)C(=O)N[C@@H](CC(C)C)C(N)=O)[C@@H](C)O. The molecule has 25 N–H and O–H groups in total. The van der Waals surface area contributed by atoms with E-state index in [-0.39, 0.29) is 107 Å². The van der Waals surface area contributed by atoms with E-state index >= 15 is 0 Å². The molecule has 1 rings (SSSR count). The van der Waals surface area contributed by atoms with Crippen LogP contribution in [-0.2, 0) is 59.2 Å². The standard InChI is InChI=1S/C56H98N18O14S/c1-30(2)25-38(45(58)79)70-46(80)35(18-13-22-64-55(59)60)68-51(85)40(27-33-15-9-8-10-16-33)71-47(81)34(17-11-12-21-57)67-52(86)41(28-43(77)78)72-54(88)44(32(5)76)74-49(83)37(20-24-89-7)69-53(87)42(29-75)73-48(82)36(19-14-23-65-56(61)62)66-50(84)39(63-6)26-31(3)4/h8-10,15-16,30-32,34-42,44,63,75-76H,11-14,17-29,57H2,1-7H3,(H2,58,79)(H,66,84)(H,67,86)(H,68,85)(H,69,87)(H,70,80)(H,71,81)(H,72,88)(H,73,82)(H,74,83)(H,77,78)(H4,59,60,64)(H4,61,62,65)/t32-,34+,35+,36+,37+,38+,39+,40+,41+,42+,44+/m1/s1. The first kappa shape index (κ1) is 79.1. The molecule has 33 heteroatoms. The molecule has 89 heavy (non-hydrogen) atoms. The van der Waals surface area contributed by atoms with Crippen LogP contribution in [0.15, 0.2) is 30.3 Å². The smallest absolute Gasteiger partial charge is 0.305 e. The highest BCUT2D eigenvalue weighted by Crippen LogP contribution is 2.13. The van der Waals surface area contributed by atoms with E-state index in [1.54, 1.807) is 43.6 Å². The number of nitrogens with one attached hydrogen (secondary N) is 14. The molecule has 0 saturated carbocycles. The first-order chi connectivity index (χ1) is 42.0. The molecule has 0 heterocycles. The number of carboxylic acids is 1. The minimum Gasteiger partial charge on any atom is -0.481 e. The molecule has 1 aromatic rings. The highest BCUT2D eigenvalue weighted by atomic mass is 32.2. The summed E-state index contributed by atoms with van der Waals surface area (Å²) in [6, 6.07) is -6.04. The second kappa shape index (κ2) is 42.9. The number of carboxylic acid groups (broad SMARTS) is 1. The van der Waals surface area contributed by atoms with Gasteiger partial charge in [0, 0.05) is 19.5 Å². The van der Waals surface area contributed by atoms with Crippen molar-refractivity contribution in [3.8, 4) is 0 Å². The summed E-state index contributed by atoms with van der Waals surface area (Å²) in [5.74, 6) is -11.5. The molecule has 0 aliphatic carbocycles. The van der Waals surface area contributed by atoms with Gasteiger partial charge in [0.15, 0.2) is 11.9 Å². The van der Waals surface area contributed by atoms with Crippen LogP contribution in [0.25, 0.3) is 0 Å². The van der Waals surface area contributed by atoms with Gasteiger partial charge in [-0.05, 0) is 114 Å². The summed E-state index contributed by atoms with van der Waals surface area (Å²) in [6.07, 6.45) is -0.0452. The van der Waals surface area contributed by atoms with Gasteiger partial charge in [-0.2, -0.15) is 11.8 Å². The van der Waals surface area contributed by atoms with E-state index in [1.165, 1.54) is 11.8 Å². The van der Waals surface area contributed by atoms with Crippen molar-refractivity contribution in [1.29, 1.82) is 10.8 Å². The third kappa shape index (κ3) is 32.3. The van der Waals surface area contributed by atoms with Crippen LogP contribution in [-0.4, -0.2) is 204 Å². The summed E-state index contributed by atoms with van der Waals surface area (Å²) in [5, 5.41) is 76.7. The van der Waals surface area contributed by atoms with Gasteiger partial charge in [-0.3, -0.25) is 63.6 Å². The number of primary amides is 1. The minimum atomic E-state index is -1.98. The predicted octanol–water partition coefficient (Wildman–Crippen LogP) is -4.99. The van der Waals surface area contributed by atoms with Crippen LogP contribution in [0.3, 0.4) is 0 Å². The highest BCUT2D eigenvalue weighted by Gasteiger charge is 2.37. The number of amides is 10. The number of unbranched alkanes of at least 4 members (excludes halogenated alkanes) is 1. The monoisotopic (exact) mass is 1280 g/mol. The fraction of sp³-hybridized carbons (Fsp3) is 0.661. The Kier molecular flexibility index (Phi) is 38.1. The summed E-state index contributed by atoms with van der Waals surface area (Å²) in [7, 11) is 1.58. The first-order valence-electron chi connectivity index (χ1n) is 29.6. The van der Waals surface area contributed by atoms with Crippen molar-refractivity contribution >= 4 is 88.7 Å². The van der Waals surface area contributed by atoms with E-state index in [1.807, 2.05) is 27.7 Å². The van der Waals surface area contributed by atoms with Crippen molar-refractivity contribution in [3.05, 3.63) is 35.9 Å². The number of aliphatic carboxylic acids is 1. The molecule has 1 aromatic carbocycles. The number of carbonyl (C=O) groups is 11. The topological polar surface area (TPSA) is 545 Å². The third-order valence-corrected chi connectivity index (χ3v) is 14.2. The summed E-state index contributed by atoms with van der Waals surface area (Å²) < 4.78 is 0. The van der Waals surface area contributed by atoms with Crippen LogP contribution >= 0.6 is 11.8 Å². The molecule has 0 unspecified atom stereocenters. The van der Waals surface area contributed by atoms with Gasteiger partial charge < -0.3 is 102 Å². The molecule has 10 amide bonds. The zero-order valence-electron chi connectivity index (χ0n) is 52.0. The average Bonchev–Trinajstić information content (AvgIpc) is 2.46. The molecule has 0 saturated heterocycles. The Labute approximate surface area is 523 Å².